The number of esters is 1. The lowest BCUT2D eigenvalue weighted by Gasteiger charge is -2.40. The van der Waals surface area contributed by atoms with Crippen LogP contribution in [0.2, 0.25) is 0 Å². The van der Waals surface area contributed by atoms with Crippen molar-refractivity contribution in [1.82, 2.24) is 20.0 Å². The molecule has 1 saturated heterocycles. The van der Waals surface area contributed by atoms with Crippen molar-refractivity contribution in [3.63, 3.8) is 0 Å². The SMILES string of the molecule is C=CCN1C(=O)NC(c2ccc(C)cc2)C(C(=O)OCC)=C1CN(C)C1CCN(C)CC1. The Morgan fingerprint density at radius 3 is 2.53 bits per heavy atom. The summed E-state index contributed by atoms with van der Waals surface area (Å²) in [6.07, 6.45) is 3.80. The molecule has 174 valence electrons. The van der Waals surface area contributed by atoms with Gasteiger partial charge in [-0.1, -0.05) is 35.9 Å². The number of aryl methyl sites for hydroxylation is 1. The number of likely N-dealkylation sites (tertiary alicyclic amines) is 1. The molecule has 1 aromatic carbocycles. The molecule has 7 heteroatoms. The van der Waals surface area contributed by atoms with Crippen molar-refractivity contribution in [2.24, 2.45) is 0 Å². The first-order chi connectivity index (χ1) is 15.3. The lowest BCUT2D eigenvalue weighted by atomic mass is 9.93. The Morgan fingerprint density at radius 1 is 1.28 bits per heavy atom. The van der Waals surface area contributed by atoms with Crippen molar-refractivity contribution in [2.45, 2.75) is 38.8 Å². The summed E-state index contributed by atoms with van der Waals surface area (Å²) in [5.41, 5.74) is 3.17. The highest BCUT2D eigenvalue weighted by atomic mass is 16.5. The Kier molecular flexibility index (Phi) is 8.10. The first-order valence-electron chi connectivity index (χ1n) is 11.4. The van der Waals surface area contributed by atoms with E-state index in [1.807, 2.05) is 31.2 Å². The summed E-state index contributed by atoms with van der Waals surface area (Å²) in [4.78, 5) is 32.6. The molecule has 0 spiro atoms. The van der Waals surface area contributed by atoms with Crippen LogP contribution in [0.5, 0.6) is 0 Å². The van der Waals surface area contributed by atoms with Crippen LogP contribution < -0.4 is 5.32 Å². The van der Waals surface area contributed by atoms with Crippen LogP contribution in [0.3, 0.4) is 0 Å². The number of piperidine rings is 1. The van der Waals surface area contributed by atoms with E-state index in [1.165, 1.54) is 0 Å². The van der Waals surface area contributed by atoms with Gasteiger partial charge in [-0.15, -0.1) is 6.58 Å². The molecule has 1 aromatic rings. The fraction of sp³-hybridized carbons (Fsp3) is 0.520. The maximum atomic E-state index is 13.2. The zero-order valence-electron chi connectivity index (χ0n) is 19.8. The molecule has 0 radical (unpaired) electrons. The molecule has 2 heterocycles. The van der Waals surface area contributed by atoms with Gasteiger partial charge in [0.2, 0.25) is 0 Å². The van der Waals surface area contributed by atoms with Gasteiger partial charge in [-0.3, -0.25) is 9.80 Å². The second-order valence-electron chi connectivity index (χ2n) is 8.72. The van der Waals surface area contributed by atoms with E-state index in [0.29, 0.717) is 30.4 Å². The number of ether oxygens (including phenoxy) is 1. The third-order valence-electron chi connectivity index (χ3n) is 6.37. The summed E-state index contributed by atoms with van der Waals surface area (Å²) in [6, 6.07) is 7.52. The van der Waals surface area contributed by atoms with Crippen molar-refractivity contribution >= 4 is 12.0 Å². The predicted octanol–water partition coefficient (Wildman–Crippen LogP) is 3.09. The molecule has 32 heavy (non-hydrogen) atoms. The molecule has 0 saturated carbocycles. The van der Waals surface area contributed by atoms with Crippen molar-refractivity contribution in [3.05, 3.63) is 59.3 Å². The van der Waals surface area contributed by atoms with Gasteiger partial charge in [0.15, 0.2) is 0 Å². The van der Waals surface area contributed by atoms with Crippen molar-refractivity contribution in [3.8, 4) is 0 Å². The Morgan fingerprint density at radius 2 is 1.94 bits per heavy atom. The Bertz CT molecular complexity index is 856. The normalized spacial score (nSPS) is 20.5. The van der Waals surface area contributed by atoms with Gasteiger partial charge < -0.3 is 15.0 Å². The number of carbonyl (C=O) groups excluding carboxylic acids is 2. The highest BCUT2D eigenvalue weighted by molar-refractivity contribution is 5.95. The molecule has 1 unspecified atom stereocenters. The second-order valence-corrected chi connectivity index (χ2v) is 8.72. The minimum atomic E-state index is -0.552. The van der Waals surface area contributed by atoms with E-state index in [1.54, 1.807) is 17.9 Å². The molecule has 1 fully saturated rings. The first-order valence-corrected chi connectivity index (χ1v) is 11.4. The molecule has 0 aromatic heterocycles. The molecular weight excluding hydrogens is 404 g/mol. The van der Waals surface area contributed by atoms with Crippen LogP contribution in [0.1, 0.15) is 36.9 Å². The molecule has 1 atom stereocenters. The van der Waals surface area contributed by atoms with Gasteiger partial charge in [-0.2, -0.15) is 0 Å². The summed E-state index contributed by atoms with van der Waals surface area (Å²) >= 11 is 0. The number of likely N-dealkylation sites (N-methyl/N-ethyl adjacent to an activating group) is 1. The number of hydrogen-bond donors (Lipinski definition) is 1. The largest absolute Gasteiger partial charge is 0.463 e. The van der Waals surface area contributed by atoms with Crippen molar-refractivity contribution in [2.75, 3.05) is 46.9 Å². The summed E-state index contributed by atoms with van der Waals surface area (Å²) < 4.78 is 5.46. The van der Waals surface area contributed by atoms with Crippen LogP contribution in [0, 0.1) is 6.92 Å². The average Bonchev–Trinajstić information content (AvgIpc) is 2.77. The average molecular weight is 441 g/mol. The lowest BCUT2D eigenvalue weighted by molar-refractivity contribution is -0.139. The number of urea groups is 1. The number of hydrogen-bond acceptors (Lipinski definition) is 5. The Labute approximate surface area is 191 Å². The zero-order valence-corrected chi connectivity index (χ0v) is 19.8. The van der Waals surface area contributed by atoms with Crippen LogP contribution in [0.15, 0.2) is 48.2 Å². The van der Waals surface area contributed by atoms with E-state index in [4.69, 9.17) is 4.74 Å². The van der Waals surface area contributed by atoms with E-state index in [2.05, 4.69) is 35.8 Å². The fourth-order valence-corrected chi connectivity index (χ4v) is 4.46. The summed E-state index contributed by atoms with van der Waals surface area (Å²) in [5.74, 6) is -0.390. The van der Waals surface area contributed by atoms with Gasteiger partial charge >= 0.3 is 12.0 Å². The van der Waals surface area contributed by atoms with Gasteiger partial charge in [0, 0.05) is 24.8 Å². The smallest absolute Gasteiger partial charge is 0.338 e. The summed E-state index contributed by atoms with van der Waals surface area (Å²) in [5, 5.41) is 3.02. The predicted molar refractivity (Wildman–Crippen MR) is 126 cm³/mol. The van der Waals surface area contributed by atoms with Crippen molar-refractivity contribution in [1.29, 1.82) is 0 Å². The van der Waals surface area contributed by atoms with Crippen LogP contribution in [0.25, 0.3) is 0 Å². The number of nitrogens with one attached hydrogen (secondary N) is 1. The molecule has 1 N–H and O–H groups in total. The molecule has 3 rings (SSSR count). The summed E-state index contributed by atoms with van der Waals surface area (Å²) in [7, 11) is 4.21. The van der Waals surface area contributed by atoms with Crippen LogP contribution in [-0.2, 0) is 9.53 Å². The number of benzene rings is 1. The Hall–Kier alpha value is -2.64. The highest BCUT2D eigenvalue weighted by Crippen LogP contribution is 2.32. The highest BCUT2D eigenvalue weighted by Gasteiger charge is 2.38. The zero-order chi connectivity index (χ0) is 23.3. The molecule has 0 aliphatic carbocycles. The minimum Gasteiger partial charge on any atom is -0.463 e. The first kappa shape index (κ1) is 24.0. The topological polar surface area (TPSA) is 65.1 Å². The standard InChI is InChI=1S/C25H36N4O3/c1-6-14-29-21(17-28(5)20-12-15-27(4)16-13-20)22(24(30)32-7-2)23(26-25(29)31)19-10-8-18(3)9-11-19/h6,8-11,20,23H,1,7,12-17H2,2-5H3,(H,26,31). The van der Waals surface area contributed by atoms with Crippen LogP contribution in [0.4, 0.5) is 4.79 Å². The van der Waals surface area contributed by atoms with Gasteiger partial charge in [0.25, 0.3) is 0 Å². The molecule has 0 bridgehead atoms. The monoisotopic (exact) mass is 440 g/mol. The van der Waals surface area contributed by atoms with E-state index in [-0.39, 0.29) is 18.6 Å². The van der Waals surface area contributed by atoms with Gasteiger partial charge in [0.1, 0.15) is 0 Å². The third-order valence-corrected chi connectivity index (χ3v) is 6.37. The van der Waals surface area contributed by atoms with Gasteiger partial charge in [0.05, 0.1) is 18.2 Å². The number of nitrogens with zero attached hydrogens (tertiary/aromatic N) is 3. The second kappa shape index (κ2) is 10.8. The van der Waals surface area contributed by atoms with E-state index in [9.17, 15) is 9.59 Å². The quantitative estimate of drug-likeness (QED) is 0.497. The maximum absolute atomic E-state index is 13.2. The van der Waals surface area contributed by atoms with Gasteiger partial charge in [-0.05, 0) is 59.4 Å². The maximum Gasteiger partial charge on any atom is 0.338 e. The van der Waals surface area contributed by atoms with Crippen LogP contribution in [-0.4, -0.2) is 79.6 Å². The van der Waals surface area contributed by atoms with Crippen LogP contribution >= 0.6 is 0 Å². The molecule has 2 aliphatic heterocycles. The fourth-order valence-electron chi connectivity index (χ4n) is 4.46. The van der Waals surface area contributed by atoms with E-state index in [0.717, 1.165) is 37.1 Å². The van der Waals surface area contributed by atoms with Crippen molar-refractivity contribution < 1.29 is 14.3 Å². The summed E-state index contributed by atoms with van der Waals surface area (Å²) in [6.45, 7) is 10.8. The molecule has 7 nitrogen and oxygen atoms in total. The van der Waals surface area contributed by atoms with Gasteiger partial charge in [-0.25, -0.2) is 9.59 Å². The van der Waals surface area contributed by atoms with E-state index >= 15 is 0 Å². The molecular formula is C25H36N4O3. The molecule has 2 aliphatic rings. The number of carbonyl (C=O) groups is 2. The number of amides is 2. The molecule has 2 amide bonds. The Balaban J connectivity index is 2.04. The lowest BCUT2D eigenvalue weighted by Crippen LogP contribution is -2.52. The minimum absolute atomic E-state index is 0.227. The third kappa shape index (κ3) is 5.40. The van der Waals surface area contributed by atoms with E-state index < -0.39 is 6.04 Å². The number of rotatable bonds is 8.